The van der Waals surface area contributed by atoms with Crippen LogP contribution in [0, 0.1) is 5.82 Å². The fraction of sp³-hybridized carbons (Fsp3) is 0.407. The molecule has 0 radical (unpaired) electrons. The quantitative estimate of drug-likeness (QED) is 0.428. The van der Waals surface area contributed by atoms with Crippen LogP contribution in [0.3, 0.4) is 0 Å². The van der Waals surface area contributed by atoms with Gasteiger partial charge in [0.25, 0.3) is 5.91 Å². The molecule has 0 unspecified atom stereocenters. The highest BCUT2D eigenvalue weighted by Crippen LogP contribution is 2.35. The molecule has 2 aromatic carbocycles. The normalized spacial score (nSPS) is 17.1. The number of aryl methyl sites for hydroxylation is 1. The molecule has 190 valence electrons. The zero-order chi connectivity index (χ0) is 25.1. The molecule has 3 heterocycles. The molecule has 1 saturated carbocycles. The second kappa shape index (κ2) is 11.2. The minimum Gasteiger partial charge on any atom is -0.487 e. The number of rotatable bonds is 7. The molecule has 3 aromatic rings. The number of nitrogens with two attached hydrogens (primary N) is 1. The van der Waals surface area contributed by atoms with E-state index >= 15 is 0 Å². The SMILES string of the molecule is Fc1cc(CCCN2CCCC2)ccc1OC1CC1.NC(=O)C1=NOCc2c1ccc1cc(Cl)sc21. The monoisotopic (exact) mass is 529 g/mol. The lowest BCUT2D eigenvalue weighted by atomic mass is 10.0. The van der Waals surface area contributed by atoms with Gasteiger partial charge in [0.2, 0.25) is 0 Å². The van der Waals surface area contributed by atoms with E-state index in [2.05, 4.69) is 10.1 Å². The number of carbonyl (C=O) groups excluding carboxylic acids is 1. The largest absolute Gasteiger partial charge is 0.487 e. The molecule has 0 spiro atoms. The van der Waals surface area contributed by atoms with Crippen molar-refractivity contribution < 1.29 is 18.8 Å². The molecular weight excluding hydrogens is 501 g/mol. The number of carbonyl (C=O) groups is 1. The Morgan fingerprint density at radius 2 is 2.03 bits per heavy atom. The zero-order valence-corrected chi connectivity index (χ0v) is 21.5. The number of hydrogen-bond acceptors (Lipinski definition) is 6. The van der Waals surface area contributed by atoms with Crippen LogP contribution in [-0.2, 0) is 22.7 Å². The Morgan fingerprint density at radius 1 is 1.22 bits per heavy atom. The van der Waals surface area contributed by atoms with Crippen LogP contribution in [0.25, 0.3) is 10.1 Å². The van der Waals surface area contributed by atoms with Gasteiger partial charge in [-0.05, 0) is 87.3 Å². The molecule has 1 aliphatic carbocycles. The standard InChI is InChI=1S/C16H22FNO.C11H7ClN2O2S/c17-15-12-13(4-3-11-18-9-1-2-10-18)5-8-16(15)19-14-6-7-14;12-8-3-5-1-2-6-7(10(5)17-8)4-16-14-9(6)11(13)15/h5,8,12,14H,1-4,6-7,9-11H2;1-3H,4H2,(H2,13,15). The van der Waals surface area contributed by atoms with Crippen molar-refractivity contribution in [2.75, 3.05) is 19.6 Å². The summed E-state index contributed by atoms with van der Waals surface area (Å²) in [5.41, 5.74) is 8.16. The lowest BCUT2D eigenvalue weighted by Gasteiger charge is -2.14. The van der Waals surface area contributed by atoms with E-state index in [-0.39, 0.29) is 17.6 Å². The third-order valence-corrected chi connectivity index (χ3v) is 7.91. The van der Waals surface area contributed by atoms with Crippen LogP contribution < -0.4 is 10.5 Å². The van der Waals surface area contributed by atoms with E-state index in [4.69, 9.17) is 26.9 Å². The van der Waals surface area contributed by atoms with Crippen LogP contribution in [0.5, 0.6) is 5.75 Å². The van der Waals surface area contributed by atoms with Gasteiger partial charge in [-0.2, -0.15) is 0 Å². The fourth-order valence-corrected chi connectivity index (χ4v) is 5.82. The lowest BCUT2D eigenvalue weighted by Crippen LogP contribution is -2.27. The zero-order valence-electron chi connectivity index (χ0n) is 20.0. The number of fused-ring (bicyclic) bond motifs is 3. The van der Waals surface area contributed by atoms with Gasteiger partial charge in [0, 0.05) is 15.8 Å². The maximum atomic E-state index is 13.8. The summed E-state index contributed by atoms with van der Waals surface area (Å²) >= 11 is 7.44. The summed E-state index contributed by atoms with van der Waals surface area (Å²) in [7, 11) is 0. The molecule has 0 bridgehead atoms. The number of oxime groups is 1. The molecular formula is C27H29ClFN3O3S. The predicted octanol–water partition coefficient (Wildman–Crippen LogP) is 5.67. The van der Waals surface area contributed by atoms with E-state index in [0.29, 0.717) is 16.7 Å². The summed E-state index contributed by atoms with van der Waals surface area (Å²) in [4.78, 5) is 18.8. The van der Waals surface area contributed by atoms with E-state index in [9.17, 15) is 9.18 Å². The van der Waals surface area contributed by atoms with E-state index in [1.807, 2.05) is 24.3 Å². The molecule has 6 rings (SSSR count). The van der Waals surface area contributed by atoms with Crippen molar-refractivity contribution in [3.63, 3.8) is 0 Å². The maximum Gasteiger partial charge on any atom is 0.271 e. The lowest BCUT2D eigenvalue weighted by molar-refractivity contribution is -0.112. The highest BCUT2D eigenvalue weighted by Gasteiger charge is 2.25. The van der Waals surface area contributed by atoms with E-state index < -0.39 is 5.91 Å². The van der Waals surface area contributed by atoms with Crippen LogP contribution in [-0.4, -0.2) is 42.3 Å². The van der Waals surface area contributed by atoms with Gasteiger partial charge in [0.15, 0.2) is 17.3 Å². The van der Waals surface area contributed by atoms with Crippen molar-refractivity contribution in [1.29, 1.82) is 0 Å². The first kappa shape index (κ1) is 25.0. The number of hydrogen-bond donors (Lipinski definition) is 1. The first-order chi connectivity index (χ1) is 17.5. The Kier molecular flexibility index (Phi) is 7.74. The summed E-state index contributed by atoms with van der Waals surface area (Å²) < 4.78 is 21.1. The molecule has 2 fully saturated rings. The van der Waals surface area contributed by atoms with Gasteiger partial charge >= 0.3 is 0 Å². The third kappa shape index (κ3) is 5.99. The maximum absolute atomic E-state index is 13.8. The van der Waals surface area contributed by atoms with Crippen LogP contribution in [0.15, 0.2) is 41.6 Å². The topological polar surface area (TPSA) is 77.2 Å². The van der Waals surface area contributed by atoms with Crippen molar-refractivity contribution in [2.45, 2.75) is 51.2 Å². The van der Waals surface area contributed by atoms with Gasteiger partial charge in [0.05, 0.1) is 10.4 Å². The molecule has 3 aliphatic rings. The number of amides is 1. The van der Waals surface area contributed by atoms with E-state index in [0.717, 1.165) is 59.0 Å². The van der Waals surface area contributed by atoms with E-state index in [1.165, 1.54) is 37.3 Å². The summed E-state index contributed by atoms with van der Waals surface area (Å²) in [5.74, 6) is -0.371. The van der Waals surface area contributed by atoms with Gasteiger partial charge in [-0.25, -0.2) is 4.39 Å². The van der Waals surface area contributed by atoms with Crippen LogP contribution in [0.4, 0.5) is 4.39 Å². The van der Waals surface area contributed by atoms with Gasteiger partial charge in [-0.15, -0.1) is 11.3 Å². The molecule has 1 saturated heterocycles. The molecule has 1 aromatic heterocycles. The minimum atomic E-state index is -0.590. The van der Waals surface area contributed by atoms with Crippen molar-refractivity contribution >= 4 is 44.6 Å². The smallest absolute Gasteiger partial charge is 0.271 e. The summed E-state index contributed by atoms with van der Waals surface area (Å²) in [6.07, 6.45) is 7.13. The van der Waals surface area contributed by atoms with Gasteiger partial charge in [-0.3, -0.25) is 4.79 Å². The minimum absolute atomic E-state index is 0.165. The Morgan fingerprint density at radius 3 is 2.75 bits per heavy atom. The van der Waals surface area contributed by atoms with Crippen LogP contribution in [0.1, 0.15) is 48.8 Å². The summed E-state index contributed by atoms with van der Waals surface area (Å²) in [5, 5.41) is 4.73. The van der Waals surface area contributed by atoms with Gasteiger partial charge in [-0.1, -0.05) is 35.0 Å². The number of likely N-dealkylation sites (tertiary alicyclic amines) is 1. The molecule has 2 aliphatic heterocycles. The number of primary amides is 1. The number of halogens is 2. The summed E-state index contributed by atoms with van der Waals surface area (Å²) in [6, 6.07) is 11.1. The highest BCUT2D eigenvalue weighted by molar-refractivity contribution is 7.22. The predicted molar refractivity (Wildman–Crippen MR) is 141 cm³/mol. The van der Waals surface area contributed by atoms with Crippen molar-refractivity contribution in [3.05, 3.63) is 63.2 Å². The Hall–Kier alpha value is -2.68. The number of thiophene rings is 1. The molecule has 9 heteroatoms. The highest BCUT2D eigenvalue weighted by atomic mass is 35.5. The number of benzene rings is 2. The van der Waals surface area contributed by atoms with Gasteiger partial charge in [0.1, 0.15) is 6.61 Å². The van der Waals surface area contributed by atoms with Crippen molar-refractivity contribution in [3.8, 4) is 5.75 Å². The molecule has 0 atom stereocenters. The van der Waals surface area contributed by atoms with Crippen LogP contribution >= 0.6 is 22.9 Å². The Labute approximate surface area is 218 Å². The van der Waals surface area contributed by atoms with Crippen molar-refractivity contribution in [1.82, 2.24) is 4.90 Å². The first-order valence-corrected chi connectivity index (χ1v) is 13.6. The molecule has 6 nitrogen and oxygen atoms in total. The average Bonchev–Trinajstić information content (AvgIpc) is 3.36. The molecule has 2 N–H and O–H groups in total. The second-order valence-electron chi connectivity index (χ2n) is 9.37. The molecule has 36 heavy (non-hydrogen) atoms. The van der Waals surface area contributed by atoms with Crippen LogP contribution in [0.2, 0.25) is 4.34 Å². The Balaban J connectivity index is 0.000000149. The first-order valence-electron chi connectivity index (χ1n) is 12.4. The summed E-state index contributed by atoms with van der Waals surface area (Å²) in [6.45, 7) is 3.95. The van der Waals surface area contributed by atoms with E-state index in [1.54, 1.807) is 12.1 Å². The number of nitrogens with zero attached hydrogens (tertiary/aromatic N) is 2. The second-order valence-corrected chi connectivity index (χ2v) is 11.1. The Bertz CT molecular complexity index is 1280. The fourth-order valence-electron chi connectivity index (χ4n) is 4.56. The third-order valence-electron chi connectivity index (χ3n) is 6.57. The average molecular weight is 530 g/mol. The molecule has 1 amide bonds. The van der Waals surface area contributed by atoms with Crippen molar-refractivity contribution in [2.24, 2.45) is 10.9 Å². The number of ether oxygens (including phenoxy) is 1. The van der Waals surface area contributed by atoms with Gasteiger partial charge < -0.3 is 20.2 Å².